The first-order valence-electron chi connectivity index (χ1n) is 4.55. The molecule has 1 aromatic heterocycles. The summed E-state index contributed by atoms with van der Waals surface area (Å²) in [7, 11) is 0. The minimum atomic E-state index is 0.110. The van der Waals surface area contributed by atoms with Gasteiger partial charge >= 0.3 is 12.0 Å². The maximum Gasteiger partial charge on any atom is 0.317 e. The van der Waals surface area contributed by atoms with Crippen LogP contribution < -0.4 is 11.1 Å². The molecule has 3 N–H and O–H groups in total. The highest BCUT2D eigenvalue weighted by Gasteiger charge is 2.29. The van der Waals surface area contributed by atoms with Crippen molar-refractivity contribution in [3.8, 4) is 0 Å². The zero-order valence-electron chi connectivity index (χ0n) is 7.71. The first-order chi connectivity index (χ1) is 6.18. The van der Waals surface area contributed by atoms with Crippen LogP contribution in [0.25, 0.3) is 0 Å². The van der Waals surface area contributed by atoms with Gasteiger partial charge in [0.2, 0.25) is 0 Å². The molecule has 5 heteroatoms. The predicted octanol–water partition coefficient (Wildman–Crippen LogP) is 1.40. The van der Waals surface area contributed by atoms with Crippen LogP contribution in [0.4, 0.5) is 12.0 Å². The summed E-state index contributed by atoms with van der Waals surface area (Å²) in [6.07, 6.45) is 4.81. The molecule has 0 spiro atoms. The Hall–Kier alpha value is -1.26. The highest BCUT2D eigenvalue weighted by atomic mass is 16.4. The summed E-state index contributed by atoms with van der Waals surface area (Å²) >= 11 is 0. The van der Waals surface area contributed by atoms with Gasteiger partial charge in [-0.25, -0.2) is 0 Å². The van der Waals surface area contributed by atoms with Crippen molar-refractivity contribution in [3.05, 3.63) is 0 Å². The Morgan fingerprint density at radius 3 is 2.62 bits per heavy atom. The fourth-order valence-corrected chi connectivity index (χ4v) is 1.82. The van der Waals surface area contributed by atoms with Crippen LogP contribution in [0, 0.1) is 0 Å². The van der Waals surface area contributed by atoms with Crippen molar-refractivity contribution in [1.82, 2.24) is 10.2 Å². The van der Waals surface area contributed by atoms with E-state index in [0.717, 1.165) is 12.8 Å². The molecule has 0 aliphatic heterocycles. The maximum absolute atomic E-state index is 5.32. The van der Waals surface area contributed by atoms with Gasteiger partial charge in [-0.15, -0.1) is 0 Å². The fourth-order valence-electron chi connectivity index (χ4n) is 1.82. The van der Waals surface area contributed by atoms with E-state index in [1.807, 2.05) is 0 Å². The lowest BCUT2D eigenvalue weighted by Gasteiger charge is -2.23. The second-order valence-electron chi connectivity index (χ2n) is 3.84. The van der Waals surface area contributed by atoms with E-state index in [-0.39, 0.29) is 11.6 Å². The van der Waals surface area contributed by atoms with E-state index in [9.17, 15) is 0 Å². The lowest BCUT2D eigenvalue weighted by atomic mass is 10.0. The van der Waals surface area contributed by atoms with E-state index in [0.29, 0.717) is 6.01 Å². The van der Waals surface area contributed by atoms with Crippen LogP contribution in [0.2, 0.25) is 0 Å². The minimum Gasteiger partial charge on any atom is -0.390 e. The number of aromatic nitrogens is 2. The van der Waals surface area contributed by atoms with Gasteiger partial charge in [0, 0.05) is 5.54 Å². The molecule has 1 heterocycles. The van der Waals surface area contributed by atoms with Crippen molar-refractivity contribution in [3.63, 3.8) is 0 Å². The molecule has 0 amide bonds. The lowest BCUT2D eigenvalue weighted by molar-refractivity contribution is 0.492. The predicted molar refractivity (Wildman–Crippen MR) is 49.2 cm³/mol. The summed E-state index contributed by atoms with van der Waals surface area (Å²) in [4.78, 5) is 0. The van der Waals surface area contributed by atoms with Crippen LogP contribution in [0.15, 0.2) is 4.42 Å². The van der Waals surface area contributed by atoms with Crippen molar-refractivity contribution in [1.29, 1.82) is 0 Å². The monoisotopic (exact) mass is 182 g/mol. The first-order valence-corrected chi connectivity index (χ1v) is 4.55. The lowest BCUT2D eigenvalue weighted by Crippen LogP contribution is -2.30. The second kappa shape index (κ2) is 2.90. The number of anilines is 2. The maximum atomic E-state index is 5.32. The molecule has 13 heavy (non-hydrogen) atoms. The summed E-state index contributed by atoms with van der Waals surface area (Å²) in [5.41, 5.74) is 5.43. The smallest absolute Gasteiger partial charge is 0.317 e. The second-order valence-corrected chi connectivity index (χ2v) is 3.84. The molecule has 0 aromatic carbocycles. The third-order valence-electron chi connectivity index (χ3n) is 2.56. The minimum absolute atomic E-state index is 0.110. The summed E-state index contributed by atoms with van der Waals surface area (Å²) in [5, 5.41) is 10.6. The summed E-state index contributed by atoms with van der Waals surface area (Å²) in [5.74, 6) is 0. The molecule has 0 radical (unpaired) electrons. The van der Waals surface area contributed by atoms with Crippen LogP contribution in [0.5, 0.6) is 0 Å². The zero-order valence-corrected chi connectivity index (χ0v) is 7.71. The van der Waals surface area contributed by atoms with Gasteiger partial charge in [-0.05, 0) is 19.8 Å². The standard InChI is InChI=1S/C8H14N4O/c1-8(4-2-3-5-8)10-7-12-11-6(9)13-7/h2-5H2,1H3,(H2,9,11)(H,10,12). The van der Waals surface area contributed by atoms with Crippen molar-refractivity contribution in [2.45, 2.75) is 38.1 Å². The van der Waals surface area contributed by atoms with Gasteiger partial charge in [0.25, 0.3) is 0 Å². The Morgan fingerprint density at radius 1 is 1.38 bits per heavy atom. The first kappa shape index (κ1) is 8.34. The molecule has 1 fully saturated rings. The van der Waals surface area contributed by atoms with Crippen LogP contribution in [-0.4, -0.2) is 15.7 Å². The van der Waals surface area contributed by atoms with E-state index in [1.54, 1.807) is 0 Å². The molecule has 0 unspecified atom stereocenters. The number of nitrogens with zero attached hydrogens (tertiary/aromatic N) is 2. The number of hydrogen-bond donors (Lipinski definition) is 2. The van der Waals surface area contributed by atoms with Crippen LogP contribution in [-0.2, 0) is 0 Å². The summed E-state index contributed by atoms with van der Waals surface area (Å²) in [6.45, 7) is 2.17. The third kappa shape index (κ3) is 1.74. The molecule has 0 saturated heterocycles. The van der Waals surface area contributed by atoms with Crippen LogP contribution in [0.1, 0.15) is 32.6 Å². The van der Waals surface area contributed by atoms with Crippen molar-refractivity contribution >= 4 is 12.0 Å². The molecule has 72 valence electrons. The molecular weight excluding hydrogens is 168 g/mol. The Labute approximate surface area is 76.7 Å². The fraction of sp³-hybridized carbons (Fsp3) is 0.750. The van der Waals surface area contributed by atoms with Gasteiger partial charge in [0.05, 0.1) is 0 Å². The number of hydrogen-bond acceptors (Lipinski definition) is 5. The number of nitrogens with one attached hydrogen (secondary N) is 1. The van der Waals surface area contributed by atoms with E-state index < -0.39 is 0 Å². The van der Waals surface area contributed by atoms with Gasteiger partial charge in [0.15, 0.2) is 0 Å². The topological polar surface area (TPSA) is 77.0 Å². The van der Waals surface area contributed by atoms with Crippen molar-refractivity contribution in [2.24, 2.45) is 0 Å². The average Bonchev–Trinajstić information content (AvgIpc) is 2.62. The Balaban J connectivity index is 2.04. The molecule has 5 nitrogen and oxygen atoms in total. The molecule has 2 rings (SSSR count). The van der Waals surface area contributed by atoms with E-state index in [4.69, 9.17) is 10.2 Å². The molecule has 1 saturated carbocycles. The summed E-state index contributed by atoms with van der Waals surface area (Å²) in [6, 6.07) is 0.547. The van der Waals surface area contributed by atoms with E-state index in [2.05, 4.69) is 22.4 Å². The molecule has 0 atom stereocenters. The highest BCUT2D eigenvalue weighted by molar-refractivity contribution is 5.27. The van der Waals surface area contributed by atoms with E-state index in [1.165, 1.54) is 12.8 Å². The SMILES string of the molecule is CC1(Nc2nnc(N)o2)CCCC1. The van der Waals surface area contributed by atoms with Gasteiger partial charge in [-0.3, -0.25) is 0 Å². The van der Waals surface area contributed by atoms with Crippen molar-refractivity contribution in [2.75, 3.05) is 11.1 Å². The molecule has 1 aromatic rings. The Morgan fingerprint density at radius 2 is 2.08 bits per heavy atom. The average molecular weight is 182 g/mol. The highest BCUT2D eigenvalue weighted by Crippen LogP contribution is 2.32. The Bertz CT molecular complexity index is 290. The Kier molecular flexibility index (Phi) is 1.86. The number of rotatable bonds is 2. The van der Waals surface area contributed by atoms with Crippen LogP contribution >= 0.6 is 0 Å². The third-order valence-corrected chi connectivity index (χ3v) is 2.56. The van der Waals surface area contributed by atoms with Gasteiger partial charge in [-0.1, -0.05) is 23.0 Å². The molecular formula is C8H14N4O. The number of nitrogens with two attached hydrogens (primary N) is 1. The van der Waals surface area contributed by atoms with Gasteiger partial charge in [0.1, 0.15) is 0 Å². The van der Waals surface area contributed by atoms with Gasteiger partial charge < -0.3 is 15.5 Å². The molecule has 1 aliphatic rings. The summed E-state index contributed by atoms with van der Waals surface area (Å²) < 4.78 is 5.06. The van der Waals surface area contributed by atoms with E-state index >= 15 is 0 Å². The number of nitrogen functional groups attached to an aromatic ring is 1. The van der Waals surface area contributed by atoms with Crippen molar-refractivity contribution < 1.29 is 4.42 Å². The van der Waals surface area contributed by atoms with Crippen LogP contribution in [0.3, 0.4) is 0 Å². The molecule has 0 bridgehead atoms. The molecule has 1 aliphatic carbocycles. The quantitative estimate of drug-likeness (QED) is 0.722. The normalized spacial score (nSPS) is 20.4. The zero-order chi connectivity index (χ0) is 9.31. The van der Waals surface area contributed by atoms with Gasteiger partial charge in [-0.2, -0.15) is 0 Å². The largest absolute Gasteiger partial charge is 0.390 e.